The molecule has 1 fully saturated rings. The molecule has 2 heterocycles. The first-order valence-electron chi connectivity index (χ1n) is 7.20. The topological polar surface area (TPSA) is 56.2 Å². The minimum absolute atomic E-state index is 0.316. The maximum absolute atomic E-state index is 13.0. The van der Waals surface area contributed by atoms with E-state index in [1.807, 2.05) is 0 Å². The number of aromatic nitrogens is 2. The van der Waals surface area contributed by atoms with Crippen LogP contribution in [0.25, 0.3) is 11.3 Å². The van der Waals surface area contributed by atoms with E-state index in [0.717, 1.165) is 31.8 Å². The molecule has 1 aliphatic rings. The molecule has 1 aliphatic heterocycles. The highest BCUT2D eigenvalue weighted by Gasteiger charge is 2.25. The summed E-state index contributed by atoms with van der Waals surface area (Å²) in [5.41, 5.74) is 1.66. The number of hydrogen-bond acceptors (Lipinski definition) is 4. The predicted octanol–water partition coefficient (Wildman–Crippen LogP) is 2.35. The molecule has 1 aromatic heterocycles. The van der Waals surface area contributed by atoms with Gasteiger partial charge >= 0.3 is 0 Å². The van der Waals surface area contributed by atoms with Crippen LogP contribution in [0.1, 0.15) is 25.5 Å². The molecule has 1 aromatic carbocycles. The van der Waals surface area contributed by atoms with Crippen LogP contribution in [0.4, 0.5) is 4.39 Å². The molecular weight excluding hydrogens is 273 g/mol. The summed E-state index contributed by atoms with van der Waals surface area (Å²) in [7, 11) is 0. The van der Waals surface area contributed by atoms with Gasteiger partial charge in [0.05, 0.1) is 6.54 Å². The summed E-state index contributed by atoms with van der Waals surface area (Å²) in [6.45, 7) is 4.69. The Kier molecular flexibility index (Phi) is 3.88. The largest absolute Gasteiger partial charge is 0.359 e. The van der Waals surface area contributed by atoms with Gasteiger partial charge in [-0.25, -0.2) is 4.39 Å². The molecule has 0 bridgehead atoms. The van der Waals surface area contributed by atoms with Crippen LogP contribution in [0.2, 0.25) is 0 Å². The summed E-state index contributed by atoms with van der Waals surface area (Å²) in [5.74, 6) is 0.420. The van der Waals surface area contributed by atoms with Crippen LogP contribution in [0.15, 0.2) is 28.9 Å². The van der Waals surface area contributed by atoms with E-state index in [4.69, 9.17) is 4.63 Å². The van der Waals surface area contributed by atoms with E-state index < -0.39 is 0 Å². The maximum Gasteiger partial charge on any atom is 0.252 e. The molecule has 0 N–H and O–H groups in total. The van der Waals surface area contributed by atoms with E-state index in [0.29, 0.717) is 28.4 Å². The Morgan fingerprint density at radius 2 is 2.00 bits per heavy atom. The lowest BCUT2D eigenvalue weighted by Gasteiger charge is -2.29. The molecule has 6 heteroatoms. The number of nitrogens with zero attached hydrogens (tertiary/aromatic N) is 3. The van der Waals surface area contributed by atoms with Gasteiger partial charge in [0.1, 0.15) is 5.82 Å². The van der Waals surface area contributed by atoms with Gasteiger partial charge in [-0.05, 0) is 61.0 Å². The molecule has 0 aliphatic carbocycles. The quantitative estimate of drug-likeness (QED) is 0.815. The van der Waals surface area contributed by atoms with Crippen molar-refractivity contribution in [3.05, 3.63) is 41.0 Å². The standard InChI is InChI=1S/C15H18FN3O2/c1-11-6-8-18(9-7-11)10-14-15(17-21-19(14)20)12-2-4-13(16)5-3-12/h2-5,11H,6-10H2,1H3. The Morgan fingerprint density at radius 1 is 1.33 bits per heavy atom. The van der Waals surface area contributed by atoms with Crippen molar-refractivity contribution in [3.8, 4) is 11.3 Å². The molecule has 0 spiro atoms. The lowest BCUT2D eigenvalue weighted by atomic mass is 9.99. The Balaban J connectivity index is 1.82. The molecule has 0 radical (unpaired) electrons. The minimum Gasteiger partial charge on any atom is -0.359 e. The number of hydrogen-bond donors (Lipinski definition) is 0. The fourth-order valence-electron chi connectivity index (χ4n) is 2.66. The lowest BCUT2D eigenvalue weighted by Crippen LogP contribution is -2.37. The second-order valence-corrected chi connectivity index (χ2v) is 5.69. The van der Waals surface area contributed by atoms with Gasteiger partial charge in [0.2, 0.25) is 5.69 Å². The molecule has 2 aromatic rings. The van der Waals surface area contributed by atoms with E-state index >= 15 is 0 Å². The minimum atomic E-state index is -0.316. The second-order valence-electron chi connectivity index (χ2n) is 5.69. The van der Waals surface area contributed by atoms with Gasteiger partial charge in [0.25, 0.3) is 5.69 Å². The monoisotopic (exact) mass is 291 g/mol. The molecule has 0 saturated carbocycles. The molecule has 0 unspecified atom stereocenters. The van der Waals surface area contributed by atoms with Crippen LogP contribution in [-0.2, 0) is 6.54 Å². The van der Waals surface area contributed by atoms with Crippen molar-refractivity contribution in [2.45, 2.75) is 26.3 Å². The molecule has 5 nitrogen and oxygen atoms in total. The maximum atomic E-state index is 13.0. The number of piperidine rings is 1. The molecular formula is C15H18FN3O2. The Labute approximate surface area is 122 Å². The lowest BCUT2D eigenvalue weighted by molar-refractivity contribution is -0.808. The van der Waals surface area contributed by atoms with Crippen molar-refractivity contribution in [1.82, 2.24) is 10.1 Å². The zero-order valence-electron chi connectivity index (χ0n) is 12.0. The van der Waals surface area contributed by atoms with Crippen LogP contribution in [-0.4, -0.2) is 23.1 Å². The first kappa shape index (κ1) is 14.0. The van der Waals surface area contributed by atoms with Crippen molar-refractivity contribution < 1.29 is 13.9 Å². The van der Waals surface area contributed by atoms with E-state index in [2.05, 4.69) is 17.0 Å². The molecule has 0 amide bonds. The first-order chi connectivity index (χ1) is 10.1. The summed E-state index contributed by atoms with van der Waals surface area (Å²) < 4.78 is 17.7. The highest BCUT2D eigenvalue weighted by Crippen LogP contribution is 2.23. The fourth-order valence-corrected chi connectivity index (χ4v) is 2.66. The van der Waals surface area contributed by atoms with Crippen molar-refractivity contribution >= 4 is 0 Å². The van der Waals surface area contributed by atoms with E-state index in [1.165, 1.54) is 12.1 Å². The van der Waals surface area contributed by atoms with E-state index in [9.17, 15) is 9.60 Å². The van der Waals surface area contributed by atoms with Gasteiger partial charge < -0.3 is 5.21 Å². The smallest absolute Gasteiger partial charge is 0.252 e. The number of rotatable bonds is 3. The molecule has 21 heavy (non-hydrogen) atoms. The Hall–Kier alpha value is -1.95. The van der Waals surface area contributed by atoms with Crippen LogP contribution < -0.4 is 4.90 Å². The average Bonchev–Trinajstić information content (AvgIpc) is 2.84. The molecule has 0 atom stereocenters. The van der Waals surface area contributed by atoms with Crippen molar-refractivity contribution in [3.63, 3.8) is 0 Å². The number of likely N-dealkylation sites (tertiary alicyclic amines) is 1. The average molecular weight is 291 g/mol. The van der Waals surface area contributed by atoms with Crippen LogP contribution >= 0.6 is 0 Å². The van der Waals surface area contributed by atoms with Crippen molar-refractivity contribution in [1.29, 1.82) is 0 Å². The summed E-state index contributed by atoms with van der Waals surface area (Å²) in [5, 5.41) is 15.6. The zero-order valence-corrected chi connectivity index (χ0v) is 12.0. The van der Waals surface area contributed by atoms with Crippen LogP contribution in [0, 0.1) is 16.9 Å². The first-order valence-corrected chi connectivity index (χ1v) is 7.20. The zero-order chi connectivity index (χ0) is 14.8. The third kappa shape index (κ3) is 3.05. The van der Waals surface area contributed by atoms with Gasteiger partial charge in [-0.15, -0.1) is 0 Å². The van der Waals surface area contributed by atoms with E-state index in [1.54, 1.807) is 12.1 Å². The molecule has 1 saturated heterocycles. The molecule has 3 rings (SSSR count). The van der Waals surface area contributed by atoms with Gasteiger partial charge in [0, 0.05) is 10.7 Å². The predicted molar refractivity (Wildman–Crippen MR) is 74.5 cm³/mol. The summed E-state index contributed by atoms with van der Waals surface area (Å²) in [6.07, 6.45) is 2.27. The summed E-state index contributed by atoms with van der Waals surface area (Å²) in [4.78, 5) is 2.69. The van der Waals surface area contributed by atoms with Crippen molar-refractivity contribution in [2.75, 3.05) is 13.1 Å². The highest BCUT2D eigenvalue weighted by molar-refractivity contribution is 5.59. The number of benzene rings is 1. The van der Waals surface area contributed by atoms with Gasteiger partial charge in [0.15, 0.2) is 0 Å². The second kappa shape index (κ2) is 5.81. The Bertz CT molecular complexity index is 604. The van der Waals surface area contributed by atoms with Gasteiger partial charge in [-0.1, -0.05) is 6.92 Å². The SMILES string of the molecule is CC1CCN(Cc2c(-c3ccc(F)cc3)no[n+]2[O-])CC1. The summed E-state index contributed by atoms with van der Waals surface area (Å²) >= 11 is 0. The molecule has 112 valence electrons. The van der Waals surface area contributed by atoms with Crippen LogP contribution in [0.3, 0.4) is 0 Å². The van der Waals surface area contributed by atoms with Crippen LogP contribution in [0.5, 0.6) is 0 Å². The summed E-state index contributed by atoms with van der Waals surface area (Å²) in [6, 6.07) is 5.92. The fraction of sp³-hybridized carbons (Fsp3) is 0.467. The van der Waals surface area contributed by atoms with Gasteiger partial charge in [-0.3, -0.25) is 9.53 Å². The van der Waals surface area contributed by atoms with E-state index in [-0.39, 0.29) is 5.82 Å². The normalized spacial score (nSPS) is 17.2. The third-order valence-corrected chi connectivity index (χ3v) is 4.07. The van der Waals surface area contributed by atoms with Gasteiger partial charge in [-0.2, -0.15) is 0 Å². The third-order valence-electron chi connectivity index (χ3n) is 4.07. The Morgan fingerprint density at radius 3 is 2.67 bits per heavy atom. The number of halogens is 1. The highest BCUT2D eigenvalue weighted by atomic mass is 19.1. The van der Waals surface area contributed by atoms with Crippen molar-refractivity contribution in [2.24, 2.45) is 5.92 Å².